The van der Waals surface area contributed by atoms with E-state index in [9.17, 15) is 14.7 Å². The van der Waals surface area contributed by atoms with Crippen LogP contribution in [0.2, 0.25) is 0 Å². The molecule has 0 spiro atoms. The Balaban J connectivity index is 2.13. The van der Waals surface area contributed by atoms with Gasteiger partial charge in [0.15, 0.2) is 16.6 Å². The molecule has 2 aromatic rings. The second-order valence-corrected chi connectivity index (χ2v) is 6.27. The topological polar surface area (TPSA) is 109 Å². The Kier molecular flexibility index (Phi) is 5.56. The molecule has 1 heterocycles. The van der Waals surface area contributed by atoms with Crippen LogP contribution in [-0.2, 0) is 11.2 Å². The number of carboxylic acids is 1. The van der Waals surface area contributed by atoms with Crippen LogP contribution in [0.15, 0.2) is 22.0 Å². The van der Waals surface area contributed by atoms with E-state index in [4.69, 9.17) is 9.84 Å². The molecule has 3 N–H and O–H groups in total. The molecule has 0 saturated carbocycles. The van der Waals surface area contributed by atoms with E-state index in [0.717, 1.165) is 0 Å². The molecule has 0 bridgehead atoms. The Hall–Kier alpha value is -2.13. The lowest BCUT2D eigenvalue weighted by Gasteiger charge is -2.09. The van der Waals surface area contributed by atoms with Crippen LogP contribution in [-0.4, -0.2) is 34.2 Å². The molecule has 9 heteroatoms. The summed E-state index contributed by atoms with van der Waals surface area (Å²) in [6, 6.07) is 3.01. The summed E-state index contributed by atoms with van der Waals surface area (Å²) in [5.41, 5.74) is 0.627. The second-order valence-electron chi connectivity index (χ2n) is 4.50. The predicted octanol–water partition coefficient (Wildman–Crippen LogP) is 2.89. The fourth-order valence-corrected chi connectivity index (χ4v) is 2.96. The van der Waals surface area contributed by atoms with Gasteiger partial charge >= 0.3 is 5.97 Å². The minimum absolute atomic E-state index is 0.0270. The molecular formula is C14H13BrN2O5S. The Morgan fingerprint density at radius 3 is 2.83 bits per heavy atom. The maximum Gasteiger partial charge on any atom is 0.303 e. The van der Waals surface area contributed by atoms with Gasteiger partial charge in [-0.25, -0.2) is 4.98 Å². The van der Waals surface area contributed by atoms with E-state index in [-0.39, 0.29) is 29.9 Å². The van der Waals surface area contributed by atoms with Crippen molar-refractivity contribution in [3.8, 4) is 11.5 Å². The minimum Gasteiger partial charge on any atom is -0.504 e. The van der Waals surface area contributed by atoms with Crippen LogP contribution in [0.5, 0.6) is 11.5 Å². The molecule has 0 atom stereocenters. The second kappa shape index (κ2) is 7.42. The first-order valence-electron chi connectivity index (χ1n) is 6.44. The monoisotopic (exact) mass is 400 g/mol. The third kappa shape index (κ3) is 4.42. The molecule has 1 aromatic heterocycles. The summed E-state index contributed by atoms with van der Waals surface area (Å²) in [4.78, 5) is 26.9. The van der Waals surface area contributed by atoms with Crippen molar-refractivity contribution < 1.29 is 24.5 Å². The lowest BCUT2D eigenvalue weighted by Crippen LogP contribution is -2.12. The molecule has 2 rings (SSSR count). The summed E-state index contributed by atoms with van der Waals surface area (Å²) < 4.78 is 5.58. The first-order valence-corrected chi connectivity index (χ1v) is 8.12. The summed E-state index contributed by atoms with van der Waals surface area (Å²) in [6.07, 6.45) is 0.262. The standard InChI is InChI=1S/C14H13BrN2O5S/c1-22-10-5-7(15)4-9(12(10)20)13(21)17-14-16-8(6-23-14)2-3-11(18)19/h4-6,20H,2-3H2,1H3,(H,18,19)(H,16,17,21). The molecule has 0 aliphatic carbocycles. The van der Waals surface area contributed by atoms with E-state index in [0.29, 0.717) is 15.3 Å². The molecule has 1 amide bonds. The largest absolute Gasteiger partial charge is 0.504 e. The molecule has 0 aliphatic heterocycles. The van der Waals surface area contributed by atoms with Crippen LogP contribution in [0, 0.1) is 0 Å². The highest BCUT2D eigenvalue weighted by Crippen LogP contribution is 2.34. The number of thiazole rings is 1. The summed E-state index contributed by atoms with van der Waals surface area (Å²) in [6.45, 7) is 0. The first kappa shape index (κ1) is 17.2. The number of aliphatic carboxylic acids is 1. The van der Waals surface area contributed by atoms with Crippen LogP contribution in [0.25, 0.3) is 0 Å². The number of nitrogens with one attached hydrogen (secondary N) is 1. The van der Waals surface area contributed by atoms with Crippen LogP contribution >= 0.6 is 27.3 Å². The maximum atomic E-state index is 12.3. The number of carboxylic acid groups (broad SMARTS) is 1. The van der Waals surface area contributed by atoms with Crippen molar-refractivity contribution in [2.75, 3.05) is 12.4 Å². The van der Waals surface area contributed by atoms with Crippen molar-refractivity contribution in [1.29, 1.82) is 0 Å². The number of benzene rings is 1. The number of nitrogens with zero attached hydrogens (tertiary/aromatic N) is 1. The number of aryl methyl sites for hydroxylation is 1. The Bertz CT molecular complexity index is 747. The van der Waals surface area contributed by atoms with Crippen molar-refractivity contribution in [2.45, 2.75) is 12.8 Å². The molecule has 0 fully saturated rings. The van der Waals surface area contributed by atoms with E-state index >= 15 is 0 Å². The first-order chi connectivity index (χ1) is 10.9. The van der Waals surface area contributed by atoms with Crippen molar-refractivity contribution in [2.24, 2.45) is 0 Å². The average Bonchev–Trinajstić information content (AvgIpc) is 2.94. The van der Waals surface area contributed by atoms with E-state index in [1.165, 1.54) is 24.5 Å². The fraction of sp³-hybridized carbons (Fsp3) is 0.214. The summed E-state index contributed by atoms with van der Waals surface area (Å²) >= 11 is 4.42. The lowest BCUT2D eigenvalue weighted by atomic mass is 10.1. The summed E-state index contributed by atoms with van der Waals surface area (Å²) in [5.74, 6) is -1.54. The van der Waals surface area contributed by atoms with E-state index in [1.54, 1.807) is 11.4 Å². The van der Waals surface area contributed by atoms with Crippen molar-refractivity contribution >= 4 is 44.3 Å². The lowest BCUT2D eigenvalue weighted by molar-refractivity contribution is -0.136. The number of amides is 1. The van der Waals surface area contributed by atoms with Gasteiger partial charge in [0.05, 0.1) is 24.8 Å². The number of hydrogen-bond donors (Lipinski definition) is 3. The molecule has 1 aromatic carbocycles. The van der Waals surface area contributed by atoms with Gasteiger partial charge in [-0.1, -0.05) is 15.9 Å². The highest BCUT2D eigenvalue weighted by molar-refractivity contribution is 9.10. The molecular weight excluding hydrogens is 388 g/mol. The number of hydrogen-bond acceptors (Lipinski definition) is 6. The molecule has 0 unspecified atom stereocenters. The third-order valence-electron chi connectivity index (χ3n) is 2.87. The maximum absolute atomic E-state index is 12.3. The zero-order valence-corrected chi connectivity index (χ0v) is 14.4. The van der Waals surface area contributed by atoms with Crippen LogP contribution in [0.1, 0.15) is 22.5 Å². The Morgan fingerprint density at radius 2 is 2.17 bits per heavy atom. The number of phenols is 1. The molecule has 0 aliphatic rings. The SMILES string of the molecule is COc1cc(Br)cc(C(=O)Nc2nc(CCC(=O)O)cs2)c1O. The van der Waals surface area contributed by atoms with Gasteiger partial charge in [0.1, 0.15) is 0 Å². The number of phenolic OH excluding ortho intramolecular Hbond substituents is 1. The summed E-state index contributed by atoms with van der Waals surface area (Å²) in [5, 5.41) is 23.2. The number of halogens is 1. The summed E-state index contributed by atoms with van der Waals surface area (Å²) in [7, 11) is 1.39. The van der Waals surface area contributed by atoms with E-state index in [2.05, 4.69) is 26.2 Å². The molecule has 122 valence electrons. The van der Waals surface area contributed by atoms with Crippen LogP contribution in [0.3, 0.4) is 0 Å². The van der Waals surface area contributed by atoms with E-state index < -0.39 is 11.9 Å². The molecule has 0 saturated heterocycles. The molecule has 23 heavy (non-hydrogen) atoms. The number of methoxy groups -OCH3 is 1. The van der Waals surface area contributed by atoms with Crippen molar-refractivity contribution in [1.82, 2.24) is 4.98 Å². The van der Waals surface area contributed by atoms with Gasteiger partial charge in [-0.2, -0.15) is 0 Å². The number of aromatic hydroxyl groups is 1. The van der Waals surface area contributed by atoms with Gasteiger partial charge in [0, 0.05) is 16.3 Å². The van der Waals surface area contributed by atoms with Gasteiger partial charge in [-0.05, 0) is 12.1 Å². The third-order valence-corrected chi connectivity index (χ3v) is 4.14. The van der Waals surface area contributed by atoms with Crippen molar-refractivity contribution in [3.63, 3.8) is 0 Å². The number of aromatic nitrogens is 1. The number of carbonyl (C=O) groups excluding carboxylic acids is 1. The smallest absolute Gasteiger partial charge is 0.303 e. The van der Waals surface area contributed by atoms with Gasteiger partial charge in [0.2, 0.25) is 0 Å². The fourth-order valence-electron chi connectivity index (χ4n) is 1.78. The zero-order valence-electron chi connectivity index (χ0n) is 12.0. The molecule has 0 radical (unpaired) electrons. The normalized spacial score (nSPS) is 10.3. The highest BCUT2D eigenvalue weighted by Gasteiger charge is 2.18. The highest BCUT2D eigenvalue weighted by atomic mass is 79.9. The van der Waals surface area contributed by atoms with Crippen molar-refractivity contribution in [3.05, 3.63) is 33.2 Å². The average molecular weight is 401 g/mol. The van der Waals surface area contributed by atoms with Crippen LogP contribution < -0.4 is 10.1 Å². The number of ether oxygens (including phenoxy) is 1. The quantitative estimate of drug-likeness (QED) is 0.687. The number of carbonyl (C=O) groups is 2. The molecule has 7 nitrogen and oxygen atoms in total. The Morgan fingerprint density at radius 1 is 1.43 bits per heavy atom. The number of rotatable bonds is 6. The van der Waals surface area contributed by atoms with E-state index in [1.807, 2.05) is 0 Å². The van der Waals surface area contributed by atoms with Gasteiger partial charge in [-0.15, -0.1) is 11.3 Å². The van der Waals surface area contributed by atoms with Gasteiger partial charge in [0.25, 0.3) is 5.91 Å². The van der Waals surface area contributed by atoms with Gasteiger partial charge in [-0.3, -0.25) is 14.9 Å². The predicted molar refractivity (Wildman–Crippen MR) is 88.4 cm³/mol. The zero-order chi connectivity index (χ0) is 17.0. The van der Waals surface area contributed by atoms with Gasteiger partial charge < -0.3 is 14.9 Å². The Labute approximate surface area is 144 Å². The number of anilines is 1. The van der Waals surface area contributed by atoms with Crippen LogP contribution in [0.4, 0.5) is 5.13 Å². The minimum atomic E-state index is -0.908.